The van der Waals surface area contributed by atoms with Crippen molar-refractivity contribution in [2.24, 2.45) is 0 Å². The number of para-hydroxylation sites is 2. The Kier molecular flexibility index (Phi) is 4.29. The van der Waals surface area contributed by atoms with E-state index in [1.165, 1.54) is 4.57 Å². The Morgan fingerprint density at radius 1 is 1.12 bits per heavy atom. The summed E-state index contributed by atoms with van der Waals surface area (Å²) in [5.41, 5.74) is 2.96. The van der Waals surface area contributed by atoms with Crippen LogP contribution in [0, 0.1) is 13.8 Å². The third kappa shape index (κ3) is 3.13. The van der Waals surface area contributed by atoms with Crippen LogP contribution in [0.1, 0.15) is 11.1 Å². The van der Waals surface area contributed by atoms with Crippen molar-refractivity contribution in [1.82, 2.24) is 14.3 Å². The van der Waals surface area contributed by atoms with Gasteiger partial charge in [0.25, 0.3) is 0 Å². The van der Waals surface area contributed by atoms with Crippen LogP contribution in [-0.2, 0) is 16.6 Å². The molecule has 0 aliphatic heterocycles. The molecular weight excluding hydrogens is 326 g/mol. The summed E-state index contributed by atoms with van der Waals surface area (Å²) in [5, 5.41) is 0. The van der Waals surface area contributed by atoms with Crippen molar-refractivity contribution >= 4 is 21.1 Å². The summed E-state index contributed by atoms with van der Waals surface area (Å²) in [7, 11) is -3.60. The summed E-state index contributed by atoms with van der Waals surface area (Å²) in [4.78, 5) is 15.0. The van der Waals surface area contributed by atoms with E-state index in [1.807, 2.05) is 37.3 Å². The molecule has 0 saturated carbocycles. The van der Waals surface area contributed by atoms with Gasteiger partial charge in [-0.1, -0.05) is 29.8 Å². The second-order valence-corrected chi connectivity index (χ2v) is 7.50. The van der Waals surface area contributed by atoms with Crippen molar-refractivity contribution in [3.8, 4) is 0 Å². The van der Waals surface area contributed by atoms with Crippen LogP contribution in [0.5, 0.6) is 0 Å². The zero-order valence-corrected chi connectivity index (χ0v) is 14.4. The number of aromatic nitrogens is 2. The average Bonchev–Trinajstić information content (AvgIpc) is 2.83. The molecule has 0 saturated heterocycles. The molecule has 0 bridgehead atoms. The second kappa shape index (κ2) is 6.26. The molecule has 0 aliphatic rings. The van der Waals surface area contributed by atoms with Crippen LogP contribution in [0.2, 0.25) is 0 Å². The smallest absolute Gasteiger partial charge is 0.306 e. The summed E-state index contributed by atoms with van der Waals surface area (Å²) in [6.07, 6.45) is 0. The van der Waals surface area contributed by atoms with Gasteiger partial charge in [0.1, 0.15) is 0 Å². The predicted octanol–water partition coefficient (Wildman–Crippen LogP) is 1.92. The number of aryl methyl sites for hydroxylation is 2. The van der Waals surface area contributed by atoms with E-state index in [0.29, 0.717) is 5.56 Å². The Balaban J connectivity index is 1.78. The lowest BCUT2D eigenvalue weighted by molar-refractivity contribution is 0.572. The zero-order chi connectivity index (χ0) is 17.3. The fourth-order valence-corrected chi connectivity index (χ4v) is 4.04. The number of imidazole rings is 1. The summed E-state index contributed by atoms with van der Waals surface area (Å²) < 4.78 is 29.0. The fourth-order valence-electron chi connectivity index (χ4n) is 2.80. The lowest BCUT2D eigenvalue weighted by Gasteiger charge is -2.10. The molecule has 2 aromatic carbocycles. The van der Waals surface area contributed by atoms with E-state index in [2.05, 4.69) is 9.71 Å². The van der Waals surface area contributed by atoms with Crippen LogP contribution in [-0.4, -0.2) is 24.5 Å². The molecule has 0 atom stereocenters. The number of sulfonamides is 1. The molecule has 24 heavy (non-hydrogen) atoms. The zero-order valence-electron chi connectivity index (χ0n) is 13.5. The quantitative estimate of drug-likeness (QED) is 0.741. The van der Waals surface area contributed by atoms with Gasteiger partial charge in [-0.05, 0) is 37.6 Å². The highest BCUT2D eigenvalue weighted by molar-refractivity contribution is 7.89. The highest BCUT2D eigenvalue weighted by Crippen LogP contribution is 2.16. The molecule has 0 aliphatic carbocycles. The van der Waals surface area contributed by atoms with Crippen LogP contribution in [0.3, 0.4) is 0 Å². The molecule has 0 fully saturated rings. The van der Waals surface area contributed by atoms with Gasteiger partial charge in [0.15, 0.2) is 0 Å². The van der Waals surface area contributed by atoms with Gasteiger partial charge in [-0.3, -0.25) is 4.57 Å². The number of aromatic amines is 1. The standard InChI is InChI=1S/C17H19N3O3S/c1-12-7-8-16(13(2)11-12)24(22,23)18-9-10-20-15-6-4-3-5-14(15)19-17(20)21/h3-8,11,18H,9-10H2,1-2H3,(H,19,21). The van der Waals surface area contributed by atoms with E-state index >= 15 is 0 Å². The van der Waals surface area contributed by atoms with Gasteiger partial charge in [-0.25, -0.2) is 17.9 Å². The molecule has 126 valence electrons. The number of hydrogen-bond acceptors (Lipinski definition) is 3. The van der Waals surface area contributed by atoms with Crippen molar-refractivity contribution in [2.45, 2.75) is 25.3 Å². The third-order valence-electron chi connectivity index (χ3n) is 3.93. The third-order valence-corrected chi connectivity index (χ3v) is 5.55. The Morgan fingerprint density at radius 2 is 1.88 bits per heavy atom. The molecule has 7 heteroatoms. The first-order valence-electron chi connectivity index (χ1n) is 7.63. The van der Waals surface area contributed by atoms with Crippen LogP contribution in [0.4, 0.5) is 0 Å². The van der Waals surface area contributed by atoms with Gasteiger partial charge in [0.05, 0.1) is 15.9 Å². The largest absolute Gasteiger partial charge is 0.326 e. The normalized spacial score (nSPS) is 11.9. The van der Waals surface area contributed by atoms with Crippen molar-refractivity contribution in [3.63, 3.8) is 0 Å². The van der Waals surface area contributed by atoms with Gasteiger partial charge in [0.2, 0.25) is 10.0 Å². The van der Waals surface area contributed by atoms with Crippen LogP contribution in [0.15, 0.2) is 52.2 Å². The Labute approximate surface area is 140 Å². The number of rotatable bonds is 5. The van der Waals surface area contributed by atoms with Gasteiger partial charge in [-0.15, -0.1) is 0 Å². The number of fused-ring (bicyclic) bond motifs is 1. The van der Waals surface area contributed by atoms with Crippen LogP contribution >= 0.6 is 0 Å². The van der Waals surface area contributed by atoms with Crippen LogP contribution < -0.4 is 10.4 Å². The van der Waals surface area contributed by atoms with Crippen molar-refractivity contribution in [1.29, 1.82) is 0 Å². The lowest BCUT2D eigenvalue weighted by Crippen LogP contribution is -2.30. The maximum atomic E-state index is 12.4. The minimum atomic E-state index is -3.60. The number of nitrogens with one attached hydrogen (secondary N) is 2. The minimum Gasteiger partial charge on any atom is -0.306 e. The van der Waals surface area contributed by atoms with E-state index in [1.54, 1.807) is 19.1 Å². The summed E-state index contributed by atoms with van der Waals surface area (Å²) in [6.45, 7) is 4.08. The Hall–Kier alpha value is -2.38. The number of nitrogens with zero attached hydrogens (tertiary/aromatic N) is 1. The first-order chi connectivity index (χ1) is 11.4. The summed E-state index contributed by atoms with van der Waals surface area (Å²) in [6, 6.07) is 12.5. The average molecular weight is 345 g/mol. The molecule has 3 rings (SSSR count). The molecule has 1 aromatic heterocycles. The van der Waals surface area contributed by atoms with Crippen molar-refractivity contribution < 1.29 is 8.42 Å². The van der Waals surface area contributed by atoms with E-state index in [0.717, 1.165) is 16.6 Å². The molecule has 1 heterocycles. The maximum Gasteiger partial charge on any atom is 0.326 e. The van der Waals surface area contributed by atoms with Gasteiger partial charge >= 0.3 is 5.69 Å². The predicted molar refractivity (Wildman–Crippen MR) is 93.7 cm³/mol. The molecule has 0 radical (unpaired) electrons. The number of hydrogen-bond donors (Lipinski definition) is 2. The van der Waals surface area contributed by atoms with E-state index in [4.69, 9.17) is 0 Å². The Bertz CT molecular complexity index is 1050. The van der Waals surface area contributed by atoms with E-state index in [9.17, 15) is 13.2 Å². The fraction of sp³-hybridized carbons (Fsp3) is 0.235. The van der Waals surface area contributed by atoms with Crippen LogP contribution in [0.25, 0.3) is 11.0 Å². The SMILES string of the molecule is Cc1ccc(S(=O)(=O)NCCn2c(=O)[nH]c3ccccc32)c(C)c1. The van der Waals surface area contributed by atoms with Gasteiger partial charge in [-0.2, -0.15) is 0 Å². The molecule has 6 nitrogen and oxygen atoms in total. The first-order valence-corrected chi connectivity index (χ1v) is 9.11. The first kappa shape index (κ1) is 16.5. The second-order valence-electron chi connectivity index (χ2n) is 5.77. The molecule has 0 unspecified atom stereocenters. The topological polar surface area (TPSA) is 84.0 Å². The molecule has 2 N–H and O–H groups in total. The number of H-pyrrole nitrogens is 1. The minimum absolute atomic E-state index is 0.136. The molecule has 3 aromatic rings. The number of benzene rings is 2. The summed E-state index contributed by atoms with van der Waals surface area (Å²) >= 11 is 0. The van der Waals surface area contributed by atoms with Crippen molar-refractivity contribution in [2.75, 3.05) is 6.54 Å². The maximum absolute atomic E-state index is 12.4. The molecule has 0 spiro atoms. The van der Waals surface area contributed by atoms with E-state index in [-0.39, 0.29) is 23.7 Å². The highest BCUT2D eigenvalue weighted by atomic mass is 32.2. The molecular formula is C17H19N3O3S. The lowest BCUT2D eigenvalue weighted by atomic mass is 10.2. The van der Waals surface area contributed by atoms with Gasteiger partial charge in [0, 0.05) is 13.1 Å². The monoisotopic (exact) mass is 345 g/mol. The highest BCUT2D eigenvalue weighted by Gasteiger charge is 2.16. The van der Waals surface area contributed by atoms with E-state index < -0.39 is 10.0 Å². The van der Waals surface area contributed by atoms with Crippen molar-refractivity contribution in [3.05, 3.63) is 64.1 Å². The molecule has 0 amide bonds. The Morgan fingerprint density at radius 3 is 2.62 bits per heavy atom. The summed E-state index contributed by atoms with van der Waals surface area (Å²) in [5.74, 6) is 0. The van der Waals surface area contributed by atoms with Gasteiger partial charge < -0.3 is 4.98 Å².